The highest BCUT2D eigenvalue weighted by Gasteiger charge is 2.42. The lowest BCUT2D eigenvalue weighted by atomic mass is 9.80. The molecule has 0 radical (unpaired) electrons. The van der Waals surface area contributed by atoms with E-state index in [9.17, 15) is 13.2 Å². The van der Waals surface area contributed by atoms with Gasteiger partial charge < -0.3 is 16.8 Å². The number of hydrogen-bond acceptors (Lipinski definition) is 5. The molecule has 0 bridgehead atoms. The number of fused-ring (bicyclic) bond motifs is 1. The number of benzene rings is 2. The number of hydrogen-bond donors (Lipinski definition) is 3. The second kappa shape index (κ2) is 10.2. The third-order valence-electron chi connectivity index (χ3n) is 6.40. The van der Waals surface area contributed by atoms with Gasteiger partial charge in [-0.2, -0.15) is 0 Å². The van der Waals surface area contributed by atoms with Crippen LogP contribution in [0.1, 0.15) is 41.6 Å². The van der Waals surface area contributed by atoms with E-state index in [0.29, 0.717) is 11.3 Å². The summed E-state index contributed by atoms with van der Waals surface area (Å²) in [6.07, 6.45) is 10.3. The Morgan fingerprint density at radius 1 is 1.06 bits per heavy atom. The minimum Gasteiger partial charge on any atom is -0.405 e. The standard InChI is InChI=1S/C26H30N4O3S/c27-16-6-9-21(28)17-29-26(31)20-12-14-22(15-13-20)34(32,33)30-18-24(19-7-2-1-3-8-19)23-10-4-5-11-25(23)30/h1-3,6-9,12-16,18,23,25H,4-5,10-11,17,27-28H2,(H,29,31)/b16-6-,21-9-. The van der Waals surface area contributed by atoms with Gasteiger partial charge in [-0.3, -0.25) is 9.10 Å². The third-order valence-corrected chi connectivity index (χ3v) is 8.19. The molecule has 2 aliphatic rings. The van der Waals surface area contributed by atoms with E-state index in [2.05, 4.69) is 5.32 Å². The van der Waals surface area contributed by atoms with Crippen LogP contribution in [-0.2, 0) is 10.0 Å². The molecule has 7 nitrogen and oxygen atoms in total. The van der Waals surface area contributed by atoms with Crippen molar-refractivity contribution < 1.29 is 13.2 Å². The van der Waals surface area contributed by atoms with Crippen molar-refractivity contribution in [2.75, 3.05) is 6.54 Å². The zero-order valence-corrected chi connectivity index (χ0v) is 19.7. The Kier molecular flexibility index (Phi) is 7.07. The van der Waals surface area contributed by atoms with Crippen LogP contribution in [0, 0.1) is 5.92 Å². The molecule has 178 valence electrons. The van der Waals surface area contributed by atoms with Crippen molar-refractivity contribution in [3.63, 3.8) is 0 Å². The van der Waals surface area contributed by atoms with E-state index >= 15 is 0 Å². The summed E-state index contributed by atoms with van der Waals surface area (Å²) in [7, 11) is -3.75. The summed E-state index contributed by atoms with van der Waals surface area (Å²) in [5.41, 5.74) is 14.0. The predicted molar refractivity (Wildman–Crippen MR) is 134 cm³/mol. The van der Waals surface area contributed by atoms with Crippen LogP contribution in [0.2, 0.25) is 0 Å². The van der Waals surface area contributed by atoms with E-state index in [1.807, 2.05) is 36.5 Å². The molecular formula is C26H30N4O3S. The first-order valence-electron chi connectivity index (χ1n) is 11.4. The Balaban J connectivity index is 1.54. The van der Waals surface area contributed by atoms with Gasteiger partial charge in [0.1, 0.15) is 0 Å². The molecule has 5 N–H and O–H groups in total. The summed E-state index contributed by atoms with van der Waals surface area (Å²) in [6, 6.07) is 16.0. The fourth-order valence-electron chi connectivity index (χ4n) is 4.70. The molecule has 0 saturated heterocycles. The maximum absolute atomic E-state index is 13.6. The summed E-state index contributed by atoms with van der Waals surface area (Å²) in [5, 5.41) is 2.71. The third kappa shape index (κ3) is 4.87. The quantitative estimate of drug-likeness (QED) is 0.528. The average Bonchev–Trinajstić information content (AvgIpc) is 3.27. The van der Waals surface area contributed by atoms with Crippen molar-refractivity contribution in [2.24, 2.45) is 17.4 Å². The molecule has 1 heterocycles. The summed E-state index contributed by atoms with van der Waals surface area (Å²) in [6.45, 7) is 0.160. The fraction of sp³-hybridized carbons (Fsp3) is 0.269. The smallest absolute Gasteiger partial charge is 0.264 e. The van der Waals surface area contributed by atoms with E-state index in [-0.39, 0.29) is 29.3 Å². The first-order valence-corrected chi connectivity index (χ1v) is 12.9. The van der Waals surface area contributed by atoms with Crippen LogP contribution in [0.3, 0.4) is 0 Å². The van der Waals surface area contributed by atoms with Crippen LogP contribution in [0.25, 0.3) is 5.57 Å². The molecule has 2 aromatic carbocycles. The SMILES string of the molecule is N/C=C\C=C(/N)CNC(=O)c1ccc(S(=O)(=O)N2C=C(c3ccccc3)C3CCCCC32)cc1. The first kappa shape index (κ1) is 23.6. The highest BCUT2D eigenvalue weighted by atomic mass is 32.2. The molecule has 8 heteroatoms. The van der Waals surface area contributed by atoms with Crippen LogP contribution >= 0.6 is 0 Å². The summed E-state index contributed by atoms with van der Waals surface area (Å²) in [5.74, 6) is -0.139. The fourth-order valence-corrected chi connectivity index (χ4v) is 6.28. The molecule has 34 heavy (non-hydrogen) atoms. The van der Waals surface area contributed by atoms with E-state index in [0.717, 1.165) is 36.8 Å². The Hall–Kier alpha value is -3.52. The molecule has 1 saturated carbocycles. The molecule has 1 aliphatic carbocycles. The van der Waals surface area contributed by atoms with Gasteiger partial charge in [0.25, 0.3) is 15.9 Å². The number of nitrogens with one attached hydrogen (secondary N) is 1. The van der Waals surface area contributed by atoms with Gasteiger partial charge in [0.2, 0.25) is 0 Å². The zero-order chi connectivity index (χ0) is 24.1. The lowest BCUT2D eigenvalue weighted by Gasteiger charge is -2.33. The molecule has 0 spiro atoms. The van der Waals surface area contributed by atoms with E-state index in [1.165, 1.54) is 30.5 Å². The van der Waals surface area contributed by atoms with Crippen LogP contribution < -0.4 is 16.8 Å². The molecular weight excluding hydrogens is 448 g/mol. The highest BCUT2D eigenvalue weighted by Crippen LogP contribution is 2.45. The van der Waals surface area contributed by atoms with Crippen molar-refractivity contribution in [3.05, 3.63) is 96.0 Å². The van der Waals surface area contributed by atoms with Crippen molar-refractivity contribution in [2.45, 2.75) is 36.6 Å². The van der Waals surface area contributed by atoms with Crippen molar-refractivity contribution in [1.29, 1.82) is 0 Å². The number of amides is 1. The average molecular weight is 479 g/mol. The molecule has 2 unspecified atom stereocenters. The van der Waals surface area contributed by atoms with Gasteiger partial charge in [-0.15, -0.1) is 0 Å². The minimum atomic E-state index is -3.75. The normalized spacial score (nSPS) is 20.8. The number of allylic oxidation sites excluding steroid dienone is 2. The Labute approximate surface area is 200 Å². The Bertz CT molecular complexity index is 1220. The van der Waals surface area contributed by atoms with Gasteiger partial charge in [0.15, 0.2) is 0 Å². The topological polar surface area (TPSA) is 119 Å². The van der Waals surface area contributed by atoms with Gasteiger partial charge in [-0.1, -0.05) is 43.2 Å². The monoisotopic (exact) mass is 478 g/mol. The van der Waals surface area contributed by atoms with Gasteiger partial charge >= 0.3 is 0 Å². The second-order valence-electron chi connectivity index (χ2n) is 8.58. The summed E-state index contributed by atoms with van der Waals surface area (Å²) >= 11 is 0. The molecule has 1 amide bonds. The number of sulfonamides is 1. The van der Waals surface area contributed by atoms with E-state index in [4.69, 9.17) is 11.5 Å². The van der Waals surface area contributed by atoms with Crippen LogP contribution in [-0.4, -0.2) is 31.2 Å². The lowest BCUT2D eigenvalue weighted by Crippen LogP contribution is -2.38. The molecule has 2 aromatic rings. The minimum absolute atomic E-state index is 0.0748. The molecule has 1 fully saturated rings. The van der Waals surface area contributed by atoms with Crippen molar-refractivity contribution in [1.82, 2.24) is 9.62 Å². The molecule has 2 atom stereocenters. The maximum Gasteiger partial charge on any atom is 0.264 e. The maximum atomic E-state index is 13.6. The Morgan fingerprint density at radius 2 is 1.76 bits per heavy atom. The Morgan fingerprint density at radius 3 is 2.47 bits per heavy atom. The van der Waals surface area contributed by atoms with Crippen LogP contribution in [0.5, 0.6) is 0 Å². The zero-order valence-electron chi connectivity index (χ0n) is 18.9. The number of nitrogens with two attached hydrogens (primary N) is 2. The van der Waals surface area contributed by atoms with Gasteiger partial charge in [0, 0.05) is 23.4 Å². The van der Waals surface area contributed by atoms with Gasteiger partial charge in [0.05, 0.1) is 17.5 Å². The second-order valence-corrected chi connectivity index (χ2v) is 10.4. The first-order chi connectivity index (χ1) is 16.4. The predicted octanol–water partition coefficient (Wildman–Crippen LogP) is 3.34. The van der Waals surface area contributed by atoms with Crippen LogP contribution in [0.15, 0.2) is 89.7 Å². The number of carbonyl (C=O) groups excluding carboxylic acids is 1. The van der Waals surface area contributed by atoms with Gasteiger partial charge in [-0.05, 0) is 66.6 Å². The number of carbonyl (C=O) groups is 1. The largest absolute Gasteiger partial charge is 0.405 e. The number of nitrogens with zero attached hydrogens (tertiary/aromatic N) is 1. The molecule has 0 aromatic heterocycles. The molecule has 4 rings (SSSR count). The van der Waals surface area contributed by atoms with Gasteiger partial charge in [-0.25, -0.2) is 8.42 Å². The lowest BCUT2D eigenvalue weighted by molar-refractivity contribution is 0.0956. The van der Waals surface area contributed by atoms with Crippen LogP contribution in [0.4, 0.5) is 0 Å². The van der Waals surface area contributed by atoms with E-state index < -0.39 is 10.0 Å². The summed E-state index contributed by atoms with van der Waals surface area (Å²) in [4.78, 5) is 12.6. The highest BCUT2D eigenvalue weighted by molar-refractivity contribution is 7.89. The van der Waals surface area contributed by atoms with E-state index in [1.54, 1.807) is 16.5 Å². The molecule has 1 aliphatic heterocycles. The number of rotatable bonds is 7. The van der Waals surface area contributed by atoms with Crippen molar-refractivity contribution >= 4 is 21.5 Å². The summed E-state index contributed by atoms with van der Waals surface area (Å²) < 4.78 is 28.8. The van der Waals surface area contributed by atoms with Crippen molar-refractivity contribution in [3.8, 4) is 0 Å².